The van der Waals surface area contributed by atoms with Crippen LogP contribution in [0.5, 0.6) is 0 Å². The summed E-state index contributed by atoms with van der Waals surface area (Å²) in [5, 5.41) is 5.72. The lowest BCUT2D eigenvalue weighted by Crippen LogP contribution is -2.53. The van der Waals surface area contributed by atoms with Gasteiger partial charge in [-0.3, -0.25) is 14.4 Å². The molecule has 2 atom stereocenters. The Balaban J connectivity index is 2.07. The van der Waals surface area contributed by atoms with E-state index in [0.29, 0.717) is 11.3 Å². The number of nitrogens with two attached hydrogens (primary N) is 1. The van der Waals surface area contributed by atoms with Gasteiger partial charge < -0.3 is 26.0 Å². The van der Waals surface area contributed by atoms with Gasteiger partial charge in [-0.05, 0) is 90.0 Å². The summed E-state index contributed by atoms with van der Waals surface area (Å²) < 4.78 is 5.40. The maximum absolute atomic E-state index is 14.3. The lowest BCUT2D eigenvalue weighted by atomic mass is 9.95. The second kappa shape index (κ2) is 12.5. The largest absolute Gasteiger partial charge is 0.444 e. The van der Waals surface area contributed by atoms with Gasteiger partial charge in [0, 0.05) is 18.2 Å². The predicted octanol–water partition coefficient (Wildman–Crippen LogP) is 4.75. The molecule has 1 fully saturated rings. The molecule has 1 saturated carbocycles. The Morgan fingerprint density at radius 2 is 1.62 bits per heavy atom. The van der Waals surface area contributed by atoms with Gasteiger partial charge in [0.1, 0.15) is 17.7 Å². The van der Waals surface area contributed by atoms with Crippen LogP contribution in [0.4, 0.5) is 10.5 Å². The minimum absolute atomic E-state index is 0.0192. The van der Waals surface area contributed by atoms with E-state index in [1.165, 1.54) is 0 Å². The number of aryl methyl sites for hydroxylation is 4. The smallest absolute Gasteiger partial charge is 0.408 e. The Labute approximate surface area is 236 Å². The quantitative estimate of drug-likeness (QED) is 0.393. The topological polar surface area (TPSA) is 131 Å². The summed E-state index contributed by atoms with van der Waals surface area (Å²) in [4.78, 5) is 54.4. The Kier molecular flexibility index (Phi) is 9.60. The summed E-state index contributed by atoms with van der Waals surface area (Å²) in [6, 6.07) is 9.32. The van der Waals surface area contributed by atoms with Gasteiger partial charge >= 0.3 is 6.09 Å². The molecule has 0 heterocycles. The number of anilines is 1. The highest BCUT2D eigenvalue weighted by Crippen LogP contribution is 2.38. The molecule has 0 aromatic heterocycles. The third kappa shape index (κ3) is 8.07. The fraction of sp³-hybridized carbons (Fsp3) is 0.484. The average molecular weight is 551 g/mol. The standard InChI is InChI=1S/C31H42N4O5/c1-18-11-12-19(2)23(17-18)27(28(37)34-26-20(3)9-8-10-21(26)4)35(22-13-14-22)29(38)24(15-16-25(32)36)33-30(39)40-31(5,6)7/h8-12,17,22,24,27H,13-16H2,1-7H3,(H2,32,36)(H,33,39)(H,34,37). The number of rotatable bonds is 10. The number of ether oxygens (including phenoxy) is 1. The number of hydrogen-bond donors (Lipinski definition) is 3. The zero-order valence-corrected chi connectivity index (χ0v) is 24.6. The third-order valence-electron chi connectivity index (χ3n) is 6.85. The zero-order valence-electron chi connectivity index (χ0n) is 24.6. The highest BCUT2D eigenvalue weighted by atomic mass is 16.6. The molecule has 0 aliphatic heterocycles. The number of amides is 4. The van der Waals surface area contributed by atoms with Crippen LogP contribution in [0.25, 0.3) is 0 Å². The first-order valence-corrected chi connectivity index (χ1v) is 13.7. The van der Waals surface area contributed by atoms with Crippen LogP contribution in [-0.2, 0) is 19.1 Å². The highest BCUT2D eigenvalue weighted by molar-refractivity contribution is 6.00. The number of carbonyl (C=O) groups excluding carboxylic acids is 4. The van der Waals surface area contributed by atoms with Crippen molar-refractivity contribution in [2.75, 3.05) is 5.32 Å². The fourth-order valence-electron chi connectivity index (χ4n) is 4.72. The van der Waals surface area contributed by atoms with E-state index in [1.54, 1.807) is 25.7 Å². The molecule has 0 bridgehead atoms. The summed E-state index contributed by atoms with van der Waals surface area (Å²) in [7, 11) is 0. The molecule has 0 radical (unpaired) electrons. The van der Waals surface area contributed by atoms with E-state index in [1.807, 2.05) is 64.1 Å². The van der Waals surface area contributed by atoms with E-state index < -0.39 is 35.6 Å². The average Bonchev–Trinajstić information content (AvgIpc) is 3.67. The van der Waals surface area contributed by atoms with Gasteiger partial charge in [0.2, 0.25) is 11.8 Å². The van der Waals surface area contributed by atoms with Gasteiger partial charge in [-0.25, -0.2) is 4.79 Å². The molecule has 4 amide bonds. The first-order valence-electron chi connectivity index (χ1n) is 13.7. The second-order valence-corrected chi connectivity index (χ2v) is 11.7. The predicted molar refractivity (Wildman–Crippen MR) is 155 cm³/mol. The van der Waals surface area contributed by atoms with Crippen LogP contribution in [-0.4, -0.2) is 46.4 Å². The number of primary amides is 1. The molecule has 1 aliphatic carbocycles. The number of para-hydroxylation sites is 1. The SMILES string of the molecule is Cc1ccc(C)c(C(C(=O)Nc2c(C)cccc2C)N(C(=O)C(CCC(N)=O)NC(=O)OC(C)(C)C)C2CC2)c1. The summed E-state index contributed by atoms with van der Waals surface area (Å²) in [5.74, 6) is -1.41. The molecule has 0 saturated heterocycles. The van der Waals surface area contributed by atoms with Crippen molar-refractivity contribution in [3.05, 3.63) is 64.2 Å². The molecular formula is C31H42N4O5. The minimum atomic E-state index is -1.11. The first-order chi connectivity index (χ1) is 18.7. The van der Waals surface area contributed by atoms with Crippen molar-refractivity contribution >= 4 is 29.5 Å². The van der Waals surface area contributed by atoms with Crippen LogP contribution in [0.3, 0.4) is 0 Å². The Morgan fingerprint density at radius 1 is 1.00 bits per heavy atom. The number of hydrogen-bond acceptors (Lipinski definition) is 5. The molecule has 9 nitrogen and oxygen atoms in total. The number of nitrogens with one attached hydrogen (secondary N) is 2. The number of alkyl carbamates (subject to hydrolysis) is 1. The van der Waals surface area contributed by atoms with Crippen LogP contribution >= 0.6 is 0 Å². The molecule has 2 aromatic carbocycles. The van der Waals surface area contributed by atoms with Crippen LogP contribution in [0.15, 0.2) is 36.4 Å². The van der Waals surface area contributed by atoms with Crippen LogP contribution < -0.4 is 16.4 Å². The van der Waals surface area contributed by atoms with Gasteiger partial charge in [-0.2, -0.15) is 0 Å². The lowest BCUT2D eigenvalue weighted by molar-refractivity contribution is -0.141. The second-order valence-electron chi connectivity index (χ2n) is 11.7. The van der Waals surface area contributed by atoms with Gasteiger partial charge in [0.25, 0.3) is 5.91 Å². The molecule has 2 unspecified atom stereocenters. The fourth-order valence-corrected chi connectivity index (χ4v) is 4.72. The van der Waals surface area contributed by atoms with Crippen molar-refractivity contribution in [2.24, 2.45) is 5.73 Å². The van der Waals surface area contributed by atoms with Crippen LogP contribution in [0, 0.1) is 27.7 Å². The molecule has 40 heavy (non-hydrogen) atoms. The number of nitrogens with zero attached hydrogens (tertiary/aromatic N) is 1. The minimum Gasteiger partial charge on any atom is -0.444 e. The lowest BCUT2D eigenvalue weighted by Gasteiger charge is -2.35. The van der Waals surface area contributed by atoms with Crippen LogP contribution in [0.1, 0.15) is 80.3 Å². The van der Waals surface area contributed by atoms with Gasteiger partial charge in [-0.1, -0.05) is 42.0 Å². The van der Waals surface area contributed by atoms with E-state index in [9.17, 15) is 19.2 Å². The van der Waals surface area contributed by atoms with Crippen molar-refractivity contribution in [3.63, 3.8) is 0 Å². The summed E-state index contributed by atoms with van der Waals surface area (Å²) >= 11 is 0. The molecule has 0 spiro atoms. The molecule has 3 rings (SSSR count). The Morgan fingerprint density at radius 3 is 2.17 bits per heavy atom. The van der Waals surface area contributed by atoms with Gasteiger partial charge in [0.05, 0.1) is 0 Å². The molecule has 4 N–H and O–H groups in total. The Bertz CT molecular complexity index is 1260. The monoisotopic (exact) mass is 550 g/mol. The summed E-state index contributed by atoms with van der Waals surface area (Å²) in [6.45, 7) is 12.8. The summed E-state index contributed by atoms with van der Waals surface area (Å²) in [6.07, 6.45) is 0.522. The van der Waals surface area contributed by atoms with E-state index in [-0.39, 0.29) is 24.8 Å². The number of carbonyl (C=O) groups is 4. The van der Waals surface area contributed by atoms with Crippen molar-refractivity contribution in [2.45, 2.75) is 97.9 Å². The molecular weight excluding hydrogens is 508 g/mol. The van der Waals surface area contributed by atoms with E-state index in [0.717, 1.165) is 35.1 Å². The molecule has 9 heteroatoms. The maximum Gasteiger partial charge on any atom is 0.408 e. The van der Waals surface area contributed by atoms with Gasteiger partial charge in [0.15, 0.2) is 0 Å². The maximum atomic E-state index is 14.3. The van der Waals surface area contributed by atoms with E-state index in [2.05, 4.69) is 10.6 Å². The van der Waals surface area contributed by atoms with Crippen molar-refractivity contribution in [1.82, 2.24) is 10.2 Å². The van der Waals surface area contributed by atoms with Gasteiger partial charge in [-0.15, -0.1) is 0 Å². The third-order valence-corrected chi connectivity index (χ3v) is 6.85. The van der Waals surface area contributed by atoms with Crippen LogP contribution in [0.2, 0.25) is 0 Å². The van der Waals surface area contributed by atoms with Crippen molar-refractivity contribution in [1.29, 1.82) is 0 Å². The highest BCUT2D eigenvalue weighted by Gasteiger charge is 2.44. The molecule has 2 aromatic rings. The van der Waals surface area contributed by atoms with E-state index in [4.69, 9.17) is 10.5 Å². The Hall–Kier alpha value is -3.88. The normalized spacial score (nSPS) is 14.6. The van der Waals surface area contributed by atoms with Crippen molar-refractivity contribution < 1.29 is 23.9 Å². The zero-order chi connectivity index (χ0) is 29.8. The van der Waals surface area contributed by atoms with E-state index >= 15 is 0 Å². The molecule has 216 valence electrons. The molecule has 1 aliphatic rings. The van der Waals surface area contributed by atoms with Crippen molar-refractivity contribution in [3.8, 4) is 0 Å². The summed E-state index contributed by atoms with van der Waals surface area (Å²) in [5.41, 5.74) is 9.64. The number of benzene rings is 2. The first kappa shape index (κ1) is 30.7.